The summed E-state index contributed by atoms with van der Waals surface area (Å²) in [5, 5.41) is 18.1. The second-order valence-electron chi connectivity index (χ2n) is 5.18. The van der Waals surface area contributed by atoms with Gasteiger partial charge in [0.25, 0.3) is 0 Å². The van der Waals surface area contributed by atoms with Crippen molar-refractivity contribution in [1.29, 1.82) is 0 Å². The third kappa shape index (κ3) is 3.33. The lowest BCUT2D eigenvalue weighted by Gasteiger charge is -2.37. The molecule has 1 aromatic rings. The second-order valence-corrected chi connectivity index (χ2v) is 5.18. The summed E-state index contributed by atoms with van der Waals surface area (Å²) in [6.07, 6.45) is 0. The van der Waals surface area contributed by atoms with Gasteiger partial charge in [0.15, 0.2) is 0 Å². The van der Waals surface area contributed by atoms with Crippen molar-refractivity contribution in [2.45, 2.75) is 19.5 Å². The van der Waals surface area contributed by atoms with E-state index in [9.17, 15) is 0 Å². The van der Waals surface area contributed by atoms with Crippen LogP contribution in [-0.4, -0.2) is 59.7 Å². The first-order valence-corrected chi connectivity index (χ1v) is 6.44. The highest BCUT2D eigenvalue weighted by molar-refractivity contribution is 6.58. The van der Waals surface area contributed by atoms with E-state index >= 15 is 0 Å². The molecular formula is C13H21BN2O2. The molecule has 4 nitrogen and oxygen atoms in total. The quantitative estimate of drug-likeness (QED) is 0.708. The Morgan fingerprint density at radius 2 is 1.89 bits per heavy atom. The molecule has 98 valence electrons. The lowest BCUT2D eigenvalue weighted by molar-refractivity contribution is 0.1000. The Morgan fingerprint density at radius 3 is 2.44 bits per heavy atom. The third-order valence-electron chi connectivity index (χ3n) is 3.73. The highest BCUT2D eigenvalue weighted by Crippen LogP contribution is 2.10. The molecule has 0 radical (unpaired) electrons. The Balaban J connectivity index is 1.93. The summed E-state index contributed by atoms with van der Waals surface area (Å²) in [5.41, 5.74) is 1.77. The number of piperazine rings is 1. The van der Waals surface area contributed by atoms with Gasteiger partial charge in [-0.05, 0) is 25.0 Å². The van der Waals surface area contributed by atoms with Gasteiger partial charge in [0.1, 0.15) is 0 Å². The maximum Gasteiger partial charge on any atom is 0.488 e. The molecule has 1 aliphatic heterocycles. The van der Waals surface area contributed by atoms with Gasteiger partial charge >= 0.3 is 7.12 Å². The van der Waals surface area contributed by atoms with Crippen LogP contribution in [0.1, 0.15) is 12.5 Å². The molecule has 1 unspecified atom stereocenters. The Kier molecular flexibility index (Phi) is 4.40. The van der Waals surface area contributed by atoms with Crippen molar-refractivity contribution >= 4 is 12.6 Å². The normalized spacial score (nSPS) is 22.1. The molecule has 1 aromatic carbocycles. The van der Waals surface area contributed by atoms with E-state index in [4.69, 9.17) is 10.0 Å². The number of likely N-dealkylation sites (N-methyl/N-ethyl adjacent to an activating group) is 1. The molecule has 1 saturated heterocycles. The van der Waals surface area contributed by atoms with Crippen LogP contribution in [-0.2, 0) is 6.54 Å². The molecule has 18 heavy (non-hydrogen) atoms. The fraction of sp³-hybridized carbons (Fsp3) is 0.538. The largest absolute Gasteiger partial charge is 0.488 e. The van der Waals surface area contributed by atoms with Gasteiger partial charge in [0, 0.05) is 32.2 Å². The number of hydrogen-bond acceptors (Lipinski definition) is 4. The van der Waals surface area contributed by atoms with E-state index in [-0.39, 0.29) is 0 Å². The summed E-state index contributed by atoms with van der Waals surface area (Å²) in [4.78, 5) is 4.82. The Bertz CT molecular complexity index is 383. The zero-order valence-corrected chi connectivity index (χ0v) is 11.1. The van der Waals surface area contributed by atoms with Gasteiger partial charge in [-0.1, -0.05) is 24.3 Å². The predicted molar refractivity (Wildman–Crippen MR) is 73.6 cm³/mol. The van der Waals surface area contributed by atoms with Crippen molar-refractivity contribution in [3.63, 3.8) is 0 Å². The molecular weight excluding hydrogens is 227 g/mol. The zero-order chi connectivity index (χ0) is 13.1. The molecule has 1 fully saturated rings. The van der Waals surface area contributed by atoms with E-state index in [1.807, 2.05) is 12.1 Å². The first-order valence-electron chi connectivity index (χ1n) is 6.44. The molecule has 0 amide bonds. The average Bonchev–Trinajstić information content (AvgIpc) is 2.34. The summed E-state index contributed by atoms with van der Waals surface area (Å²) >= 11 is 0. The van der Waals surface area contributed by atoms with Crippen molar-refractivity contribution < 1.29 is 10.0 Å². The van der Waals surface area contributed by atoms with E-state index < -0.39 is 7.12 Å². The summed E-state index contributed by atoms with van der Waals surface area (Å²) in [7, 11) is 0.794. The van der Waals surface area contributed by atoms with Crippen LogP contribution >= 0.6 is 0 Å². The van der Waals surface area contributed by atoms with Crippen LogP contribution in [0.4, 0.5) is 0 Å². The fourth-order valence-corrected chi connectivity index (χ4v) is 2.32. The Labute approximate surface area is 109 Å². The summed E-state index contributed by atoms with van der Waals surface area (Å²) < 4.78 is 0. The first-order chi connectivity index (χ1) is 8.56. The van der Waals surface area contributed by atoms with E-state index in [0.717, 1.165) is 26.2 Å². The van der Waals surface area contributed by atoms with Crippen molar-refractivity contribution in [3.05, 3.63) is 29.8 Å². The minimum Gasteiger partial charge on any atom is -0.423 e. The van der Waals surface area contributed by atoms with Crippen molar-refractivity contribution in [2.24, 2.45) is 0 Å². The third-order valence-corrected chi connectivity index (χ3v) is 3.73. The molecule has 5 heteroatoms. The zero-order valence-electron chi connectivity index (χ0n) is 11.1. The molecule has 0 spiro atoms. The molecule has 0 aliphatic carbocycles. The average molecular weight is 248 g/mol. The van der Waals surface area contributed by atoms with Gasteiger partial charge in [-0.25, -0.2) is 0 Å². The van der Waals surface area contributed by atoms with Crippen LogP contribution in [0.2, 0.25) is 0 Å². The topological polar surface area (TPSA) is 46.9 Å². The van der Waals surface area contributed by atoms with Gasteiger partial charge in [-0.15, -0.1) is 0 Å². The minimum atomic E-state index is -1.37. The molecule has 1 atom stereocenters. The smallest absolute Gasteiger partial charge is 0.423 e. The molecule has 0 saturated carbocycles. The van der Waals surface area contributed by atoms with Gasteiger partial charge in [0.2, 0.25) is 0 Å². The maximum absolute atomic E-state index is 9.04. The van der Waals surface area contributed by atoms with Crippen LogP contribution in [0, 0.1) is 0 Å². The van der Waals surface area contributed by atoms with Crippen LogP contribution in [0.5, 0.6) is 0 Å². The summed E-state index contributed by atoms with van der Waals surface area (Å²) in [6.45, 7) is 6.46. The van der Waals surface area contributed by atoms with Crippen LogP contribution in [0.25, 0.3) is 0 Å². The summed E-state index contributed by atoms with van der Waals surface area (Å²) in [6, 6.07) is 8.09. The molecule has 2 N–H and O–H groups in total. The first kappa shape index (κ1) is 13.6. The Morgan fingerprint density at radius 1 is 1.22 bits per heavy atom. The number of rotatable bonds is 3. The number of hydrogen-bond donors (Lipinski definition) is 2. The second kappa shape index (κ2) is 5.84. The fourth-order valence-electron chi connectivity index (χ4n) is 2.32. The van der Waals surface area contributed by atoms with Gasteiger partial charge in [-0.2, -0.15) is 0 Å². The van der Waals surface area contributed by atoms with Crippen LogP contribution in [0.15, 0.2) is 24.3 Å². The van der Waals surface area contributed by atoms with Crippen molar-refractivity contribution in [1.82, 2.24) is 9.80 Å². The molecule has 1 aliphatic rings. The number of benzene rings is 1. The van der Waals surface area contributed by atoms with Crippen molar-refractivity contribution in [3.8, 4) is 0 Å². The highest BCUT2D eigenvalue weighted by Gasteiger charge is 2.20. The van der Waals surface area contributed by atoms with E-state index in [1.165, 1.54) is 5.56 Å². The molecule has 2 rings (SSSR count). The van der Waals surface area contributed by atoms with Gasteiger partial charge in [-0.3, -0.25) is 4.90 Å². The summed E-state index contributed by atoms with van der Waals surface area (Å²) in [5.74, 6) is 0. The van der Waals surface area contributed by atoms with Gasteiger partial charge in [0.05, 0.1) is 0 Å². The molecule has 1 heterocycles. The van der Waals surface area contributed by atoms with Gasteiger partial charge < -0.3 is 14.9 Å². The standard InChI is InChI=1S/C13H21BN2O2/c1-11-9-16(8-7-15(11)2)10-12-3-5-13(6-4-12)14(17)18/h3-6,11,17-18H,7-10H2,1-2H3. The molecule has 0 aromatic heterocycles. The van der Waals surface area contributed by atoms with E-state index in [1.54, 1.807) is 12.1 Å². The highest BCUT2D eigenvalue weighted by atomic mass is 16.4. The number of nitrogens with zero attached hydrogens (tertiary/aromatic N) is 2. The lowest BCUT2D eigenvalue weighted by atomic mass is 9.80. The van der Waals surface area contributed by atoms with Crippen LogP contribution < -0.4 is 5.46 Å². The predicted octanol–water partition coefficient (Wildman–Crippen LogP) is -0.498. The Hall–Kier alpha value is -0.875. The molecule has 0 bridgehead atoms. The maximum atomic E-state index is 9.04. The minimum absolute atomic E-state index is 0.547. The lowest BCUT2D eigenvalue weighted by Crippen LogP contribution is -2.49. The van der Waals surface area contributed by atoms with E-state index in [2.05, 4.69) is 23.8 Å². The van der Waals surface area contributed by atoms with E-state index in [0.29, 0.717) is 11.5 Å². The van der Waals surface area contributed by atoms with Crippen LogP contribution in [0.3, 0.4) is 0 Å². The SMILES string of the molecule is CC1CN(Cc2ccc(B(O)O)cc2)CCN1C. The van der Waals surface area contributed by atoms with Crippen molar-refractivity contribution in [2.75, 3.05) is 26.7 Å². The monoisotopic (exact) mass is 248 g/mol.